The van der Waals surface area contributed by atoms with Crippen molar-refractivity contribution in [2.75, 3.05) is 13.1 Å². The van der Waals surface area contributed by atoms with E-state index in [-0.39, 0.29) is 5.69 Å². The molecule has 1 N–H and O–H groups in total. The summed E-state index contributed by atoms with van der Waals surface area (Å²) in [7, 11) is 0. The zero-order chi connectivity index (χ0) is 11.3. The minimum absolute atomic E-state index is 0.120. The summed E-state index contributed by atoms with van der Waals surface area (Å²) in [6, 6.07) is 4.87. The summed E-state index contributed by atoms with van der Waals surface area (Å²) in [6.45, 7) is 3.86. The highest BCUT2D eigenvalue weighted by atomic mass is 79.9. The number of hydrogen-bond donors (Lipinski definition) is 1. The summed E-state index contributed by atoms with van der Waals surface area (Å²) in [4.78, 5) is 10.1. The molecule has 0 aliphatic rings. The molecule has 0 atom stereocenters. The molecule has 0 saturated carbocycles. The van der Waals surface area contributed by atoms with E-state index >= 15 is 0 Å². The third kappa shape index (κ3) is 3.60. The van der Waals surface area contributed by atoms with E-state index in [4.69, 9.17) is 0 Å². The molecule has 1 rings (SSSR count). The first kappa shape index (κ1) is 12.1. The van der Waals surface area contributed by atoms with Crippen molar-refractivity contribution in [1.82, 2.24) is 5.32 Å². The number of nitrogens with one attached hydrogen (secondary N) is 1. The lowest BCUT2D eigenvalue weighted by molar-refractivity contribution is -0.384. The second-order valence-electron chi connectivity index (χ2n) is 3.14. The number of likely N-dealkylation sites (N-methyl/N-ethyl adjacent to an activating group) is 1. The zero-order valence-electron chi connectivity index (χ0n) is 8.50. The maximum absolute atomic E-state index is 10.5. The first-order chi connectivity index (χ1) is 7.15. The van der Waals surface area contributed by atoms with Crippen LogP contribution in [0.2, 0.25) is 0 Å². The standard InChI is InChI=1S/C10H13BrN2O2/c1-2-12-6-5-8-3-4-9(13(14)15)7-10(8)11/h3-4,7,12H,2,5-6H2,1H3. The molecule has 0 bridgehead atoms. The summed E-state index contributed by atoms with van der Waals surface area (Å²) >= 11 is 3.34. The van der Waals surface area contributed by atoms with Crippen LogP contribution in [0.3, 0.4) is 0 Å². The SMILES string of the molecule is CCNCCc1ccc([N+](=O)[O-])cc1Br. The second-order valence-corrected chi connectivity index (χ2v) is 3.99. The van der Waals surface area contributed by atoms with Crippen molar-refractivity contribution in [2.45, 2.75) is 13.3 Å². The summed E-state index contributed by atoms with van der Waals surface area (Å²) in [5.74, 6) is 0. The van der Waals surface area contributed by atoms with Gasteiger partial charge in [0.25, 0.3) is 5.69 Å². The Labute approximate surface area is 97.0 Å². The van der Waals surface area contributed by atoms with Gasteiger partial charge in [0, 0.05) is 16.6 Å². The minimum Gasteiger partial charge on any atom is -0.317 e. The van der Waals surface area contributed by atoms with Crippen LogP contribution in [0.15, 0.2) is 22.7 Å². The van der Waals surface area contributed by atoms with Crippen LogP contribution in [0.4, 0.5) is 5.69 Å². The largest absolute Gasteiger partial charge is 0.317 e. The number of rotatable bonds is 5. The summed E-state index contributed by atoms with van der Waals surface area (Å²) in [5, 5.41) is 13.7. The topological polar surface area (TPSA) is 55.2 Å². The first-order valence-electron chi connectivity index (χ1n) is 4.78. The molecule has 0 heterocycles. The Kier molecular flexibility index (Phi) is 4.71. The van der Waals surface area contributed by atoms with Gasteiger partial charge in [-0.15, -0.1) is 0 Å². The number of nitro groups is 1. The van der Waals surface area contributed by atoms with E-state index < -0.39 is 4.92 Å². The van der Waals surface area contributed by atoms with E-state index in [9.17, 15) is 10.1 Å². The molecule has 0 aliphatic heterocycles. The van der Waals surface area contributed by atoms with Gasteiger partial charge in [0.1, 0.15) is 0 Å². The number of nitro benzene ring substituents is 1. The molecule has 0 aromatic heterocycles. The Morgan fingerprint density at radius 2 is 2.27 bits per heavy atom. The number of nitrogens with zero attached hydrogens (tertiary/aromatic N) is 1. The molecule has 15 heavy (non-hydrogen) atoms. The van der Waals surface area contributed by atoms with Gasteiger partial charge in [-0.3, -0.25) is 10.1 Å². The lowest BCUT2D eigenvalue weighted by atomic mass is 10.1. The van der Waals surface area contributed by atoms with E-state index in [1.165, 1.54) is 6.07 Å². The zero-order valence-corrected chi connectivity index (χ0v) is 10.1. The van der Waals surface area contributed by atoms with Gasteiger partial charge in [0.15, 0.2) is 0 Å². The summed E-state index contributed by atoms with van der Waals surface area (Å²) in [5.41, 5.74) is 1.20. The van der Waals surface area contributed by atoms with Gasteiger partial charge in [0.05, 0.1) is 4.92 Å². The maximum atomic E-state index is 10.5. The van der Waals surface area contributed by atoms with Crippen molar-refractivity contribution >= 4 is 21.6 Å². The van der Waals surface area contributed by atoms with Gasteiger partial charge in [-0.05, 0) is 25.1 Å². The molecular formula is C10H13BrN2O2. The Morgan fingerprint density at radius 1 is 1.53 bits per heavy atom. The van der Waals surface area contributed by atoms with E-state index in [1.807, 2.05) is 6.92 Å². The fourth-order valence-electron chi connectivity index (χ4n) is 1.25. The molecule has 0 aliphatic carbocycles. The minimum atomic E-state index is -0.390. The average Bonchev–Trinajstić information content (AvgIpc) is 2.20. The second kappa shape index (κ2) is 5.82. The number of non-ortho nitro benzene ring substituents is 1. The molecule has 1 aromatic rings. The molecule has 4 nitrogen and oxygen atoms in total. The van der Waals surface area contributed by atoms with Gasteiger partial charge in [0.2, 0.25) is 0 Å². The smallest absolute Gasteiger partial charge is 0.270 e. The Morgan fingerprint density at radius 3 is 2.80 bits per heavy atom. The van der Waals surface area contributed by atoms with E-state index in [0.717, 1.165) is 29.5 Å². The van der Waals surface area contributed by atoms with Gasteiger partial charge < -0.3 is 5.32 Å². The Bertz CT molecular complexity index is 355. The van der Waals surface area contributed by atoms with E-state index in [1.54, 1.807) is 12.1 Å². The summed E-state index contributed by atoms with van der Waals surface area (Å²) < 4.78 is 0.801. The van der Waals surface area contributed by atoms with E-state index in [0.29, 0.717) is 0 Å². The Hall–Kier alpha value is -0.940. The average molecular weight is 273 g/mol. The van der Waals surface area contributed by atoms with Crippen LogP contribution in [0.5, 0.6) is 0 Å². The van der Waals surface area contributed by atoms with Crippen LogP contribution < -0.4 is 5.32 Å². The normalized spacial score (nSPS) is 10.3. The van der Waals surface area contributed by atoms with Crippen LogP contribution in [0.1, 0.15) is 12.5 Å². The molecule has 1 aromatic carbocycles. The van der Waals surface area contributed by atoms with Gasteiger partial charge in [-0.1, -0.05) is 28.9 Å². The lowest BCUT2D eigenvalue weighted by Crippen LogP contribution is -2.16. The first-order valence-corrected chi connectivity index (χ1v) is 5.58. The number of hydrogen-bond acceptors (Lipinski definition) is 3. The fraction of sp³-hybridized carbons (Fsp3) is 0.400. The highest BCUT2D eigenvalue weighted by molar-refractivity contribution is 9.10. The third-order valence-electron chi connectivity index (χ3n) is 2.07. The van der Waals surface area contributed by atoms with Crippen molar-refractivity contribution in [2.24, 2.45) is 0 Å². The third-order valence-corrected chi connectivity index (χ3v) is 2.81. The van der Waals surface area contributed by atoms with Crippen LogP contribution in [-0.2, 0) is 6.42 Å². The van der Waals surface area contributed by atoms with Crippen molar-refractivity contribution in [3.05, 3.63) is 38.3 Å². The molecule has 0 saturated heterocycles. The lowest BCUT2D eigenvalue weighted by Gasteiger charge is -2.04. The van der Waals surface area contributed by atoms with Crippen LogP contribution in [0.25, 0.3) is 0 Å². The fourth-order valence-corrected chi connectivity index (χ4v) is 1.82. The number of halogens is 1. The molecule has 0 fully saturated rings. The van der Waals surface area contributed by atoms with Gasteiger partial charge in [-0.25, -0.2) is 0 Å². The van der Waals surface area contributed by atoms with Crippen LogP contribution in [0, 0.1) is 10.1 Å². The summed E-state index contributed by atoms with van der Waals surface area (Å²) in [6.07, 6.45) is 0.867. The van der Waals surface area contributed by atoms with Crippen molar-refractivity contribution in [3.63, 3.8) is 0 Å². The number of benzene rings is 1. The predicted octanol–water partition coefficient (Wildman–Crippen LogP) is 2.51. The maximum Gasteiger partial charge on any atom is 0.270 e. The Balaban J connectivity index is 2.70. The van der Waals surface area contributed by atoms with Crippen molar-refractivity contribution in [1.29, 1.82) is 0 Å². The molecule has 5 heteroatoms. The molecule has 0 amide bonds. The quantitative estimate of drug-likeness (QED) is 0.509. The van der Waals surface area contributed by atoms with Gasteiger partial charge >= 0.3 is 0 Å². The molecule has 0 radical (unpaired) electrons. The van der Waals surface area contributed by atoms with Crippen LogP contribution in [-0.4, -0.2) is 18.0 Å². The van der Waals surface area contributed by atoms with Gasteiger partial charge in [-0.2, -0.15) is 0 Å². The monoisotopic (exact) mass is 272 g/mol. The molecular weight excluding hydrogens is 260 g/mol. The van der Waals surface area contributed by atoms with E-state index in [2.05, 4.69) is 21.2 Å². The molecule has 82 valence electrons. The highest BCUT2D eigenvalue weighted by Gasteiger charge is 2.08. The molecule has 0 unspecified atom stereocenters. The van der Waals surface area contributed by atoms with Crippen molar-refractivity contribution < 1.29 is 4.92 Å². The van der Waals surface area contributed by atoms with Crippen LogP contribution >= 0.6 is 15.9 Å². The molecule has 0 spiro atoms. The predicted molar refractivity (Wildman–Crippen MR) is 63.0 cm³/mol. The van der Waals surface area contributed by atoms with Crippen molar-refractivity contribution in [3.8, 4) is 0 Å². The highest BCUT2D eigenvalue weighted by Crippen LogP contribution is 2.23.